The molecule has 1 amide bonds. The molecule has 0 spiro atoms. The second-order valence-electron chi connectivity index (χ2n) is 4.29. The van der Waals surface area contributed by atoms with Crippen molar-refractivity contribution in [2.75, 3.05) is 6.54 Å². The van der Waals surface area contributed by atoms with Crippen molar-refractivity contribution < 1.29 is 4.79 Å². The summed E-state index contributed by atoms with van der Waals surface area (Å²) < 4.78 is 0. The predicted octanol–water partition coefficient (Wildman–Crippen LogP) is 3.23. The van der Waals surface area contributed by atoms with E-state index in [9.17, 15) is 4.79 Å². The molecule has 2 heteroatoms. The van der Waals surface area contributed by atoms with E-state index in [2.05, 4.69) is 31.0 Å². The largest absolute Gasteiger partial charge is 0.352 e. The van der Waals surface area contributed by atoms with Crippen molar-refractivity contribution in [1.82, 2.24) is 5.32 Å². The molecule has 0 atom stereocenters. The molecule has 0 aromatic heterocycles. The first-order chi connectivity index (χ1) is 8.66. The van der Waals surface area contributed by atoms with Gasteiger partial charge >= 0.3 is 0 Å². The van der Waals surface area contributed by atoms with E-state index in [0.29, 0.717) is 12.5 Å². The number of hydrogen-bond donors (Lipinski definition) is 1. The predicted molar refractivity (Wildman–Crippen MR) is 78.0 cm³/mol. The van der Waals surface area contributed by atoms with Gasteiger partial charge in [-0.15, -0.1) is 0 Å². The first kappa shape index (κ1) is 16.2. The molecule has 0 aliphatic heterocycles. The second kappa shape index (κ2) is 11.7. The van der Waals surface area contributed by atoms with Crippen molar-refractivity contribution >= 4 is 5.91 Å². The molecule has 0 aliphatic rings. The van der Waals surface area contributed by atoms with Gasteiger partial charge in [-0.05, 0) is 25.3 Å². The summed E-state index contributed by atoms with van der Waals surface area (Å²) in [5.41, 5.74) is 0. The maximum Gasteiger partial charge on any atom is 0.243 e. The molecule has 0 unspecified atom stereocenters. The lowest BCUT2D eigenvalue weighted by molar-refractivity contribution is -0.116. The number of hydrogen-bond acceptors (Lipinski definition) is 1. The van der Waals surface area contributed by atoms with Crippen LogP contribution in [0.25, 0.3) is 0 Å². The highest BCUT2D eigenvalue weighted by Crippen LogP contribution is 1.90. The van der Waals surface area contributed by atoms with Gasteiger partial charge in [0.1, 0.15) is 0 Å². The van der Waals surface area contributed by atoms with Crippen LogP contribution in [0.2, 0.25) is 0 Å². The maximum absolute atomic E-state index is 11.3. The molecule has 0 rings (SSSR count). The number of carbonyl (C=O) groups excluding carboxylic acids is 1. The molecule has 0 aromatic rings. The highest BCUT2D eigenvalue weighted by atomic mass is 16.1. The average Bonchev–Trinajstić information content (AvgIpc) is 2.34. The minimum Gasteiger partial charge on any atom is -0.352 e. The molecule has 2 nitrogen and oxygen atoms in total. The van der Waals surface area contributed by atoms with E-state index in [1.165, 1.54) is 0 Å². The normalized spacial score (nSPS) is 11.3. The van der Waals surface area contributed by atoms with Crippen LogP contribution in [0.3, 0.4) is 0 Å². The zero-order chi connectivity index (χ0) is 13.6. The second-order valence-corrected chi connectivity index (χ2v) is 4.29. The van der Waals surface area contributed by atoms with Crippen molar-refractivity contribution in [2.24, 2.45) is 5.92 Å². The summed E-state index contributed by atoms with van der Waals surface area (Å²) in [5.74, 6) is 6.39. The van der Waals surface area contributed by atoms with Gasteiger partial charge in [-0.2, -0.15) is 0 Å². The van der Waals surface area contributed by atoms with Crippen LogP contribution in [-0.4, -0.2) is 12.5 Å². The third-order valence-electron chi connectivity index (χ3n) is 1.97. The van der Waals surface area contributed by atoms with E-state index < -0.39 is 0 Å². The van der Waals surface area contributed by atoms with Crippen molar-refractivity contribution in [3.63, 3.8) is 0 Å². The minimum absolute atomic E-state index is 0.0405. The van der Waals surface area contributed by atoms with Gasteiger partial charge in [-0.1, -0.05) is 50.0 Å². The highest BCUT2D eigenvalue weighted by molar-refractivity contribution is 5.87. The molecule has 1 N–H and O–H groups in total. The first-order valence-corrected chi connectivity index (χ1v) is 6.37. The van der Waals surface area contributed by atoms with Gasteiger partial charge in [0.05, 0.1) is 0 Å². The number of unbranched alkanes of at least 4 members (excludes halogenated alkanes) is 1. The Kier molecular flexibility index (Phi) is 10.6. The van der Waals surface area contributed by atoms with Gasteiger partial charge in [-0.3, -0.25) is 4.79 Å². The Morgan fingerprint density at radius 3 is 2.78 bits per heavy atom. The van der Waals surface area contributed by atoms with Crippen LogP contribution in [0.5, 0.6) is 0 Å². The highest BCUT2D eigenvalue weighted by Gasteiger charge is 1.95. The monoisotopic (exact) mass is 245 g/mol. The van der Waals surface area contributed by atoms with E-state index in [1.807, 2.05) is 31.2 Å². The number of rotatable bonds is 6. The Hall–Kier alpha value is -1.75. The zero-order valence-corrected chi connectivity index (χ0v) is 11.6. The SMILES string of the molecule is CC=CC#CCCC=C/C=C/C(=O)NCC(C)C. The molecule has 0 saturated carbocycles. The van der Waals surface area contributed by atoms with Crippen LogP contribution in [0.15, 0.2) is 36.5 Å². The third kappa shape index (κ3) is 12.3. The molecule has 18 heavy (non-hydrogen) atoms. The zero-order valence-electron chi connectivity index (χ0n) is 11.6. The van der Waals surface area contributed by atoms with Crippen LogP contribution in [-0.2, 0) is 4.79 Å². The first-order valence-electron chi connectivity index (χ1n) is 6.37. The van der Waals surface area contributed by atoms with Crippen LogP contribution in [0, 0.1) is 17.8 Å². The fourth-order valence-corrected chi connectivity index (χ4v) is 1.05. The van der Waals surface area contributed by atoms with E-state index in [1.54, 1.807) is 12.2 Å². The number of carbonyl (C=O) groups is 1. The van der Waals surface area contributed by atoms with Crippen LogP contribution in [0.4, 0.5) is 0 Å². The number of nitrogens with one attached hydrogen (secondary N) is 1. The Morgan fingerprint density at radius 1 is 1.33 bits per heavy atom. The molecule has 98 valence electrons. The molecule has 0 bridgehead atoms. The number of amides is 1. The molecule has 0 radical (unpaired) electrons. The summed E-state index contributed by atoms with van der Waals surface area (Å²) >= 11 is 0. The quantitative estimate of drug-likeness (QED) is 0.331. The summed E-state index contributed by atoms with van der Waals surface area (Å²) in [6.45, 7) is 6.80. The lowest BCUT2D eigenvalue weighted by Gasteiger charge is -2.03. The molecule has 0 fully saturated rings. The summed E-state index contributed by atoms with van der Waals surface area (Å²) in [6.07, 6.45) is 12.7. The standard InChI is InChI=1S/C16H23NO/c1-4-5-6-7-8-9-10-11-12-13-16(18)17-14-15(2)3/h4-5,10-13,15H,8-9,14H2,1-3H3,(H,17,18)/b5-4?,11-10?,13-12+. The van der Waals surface area contributed by atoms with E-state index >= 15 is 0 Å². The van der Waals surface area contributed by atoms with Crippen molar-refractivity contribution in [3.05, 3.63) is 36.5 Å². The van der Waals surface area contributed by atoms with Crippen molar-refractivity contribution in [1.29, 1.82) is 0 Å². The van der Waals surface area contributed by atoms with Gasteiger partial charge in [0.25, 0.3) is 0 Å². The van der Waals surface area contributed by atoms with Crippen LogP contribution < -0.4 is 5.32 Å². The van der Waals surface area contributed by atoms with E-state index in [0.717, 1.165) is 12.8 Å². The average molecular weight is 245 g/mol. The molecular formula is C16H23NO. The van der Waals surface area contributed by atoms with Crippen molar-refractivity contribution in [2.45, 2.75) is 33.6 Å². The Balaban J connectivity index is 3.69. The van der Waals surface area contributed by atoms with E-state index in [4.69, 9.17) is 0 Å². The van der Waals surface area contributed by atoms with Gasteiger partial charge in [0, 0.05) is 19.0 Å². The fourth-order valence-electron chi connectivity index (χ4n) is 1.05. The summed E-state index contributed by atoms with van der Waals surface area (Å²) in [6, 6.07) is 0. The van der Waals surface area contributed by atoms with Gasteiger partial charge in [-0.25, -0.2) is 0 Å². The maximum atomic E-state index is 11.3. The fraction of sp³-hybridized carbons (Fsp3) is 0.438. The lowest BCUT2D eigenvalue weighted by Crippen LogP contribution is -2.25. The Morgan fingerprint density at radius 2 is 2.11 bits per heavy atom. The van der Waals surface area contributed by atoms with Crippen LogP contribution >= 0.6 is 0 Å². The molecule has 0 heterocycles. The summed E-state index contributed by atoms with van der Waals surface area (Å²) in [7, 11) is 0. The smallest absolute Gasteiger partial charge is 0.243 e. The van der Waals surface area contributed by atoms with Crippen molar-refractivity contribution in [3.8, 4) is 11.8 Å². The Bertz CT molecular complexity index is 364. The van der Waals surface area contributed by atoms with E-state index in [-0.39, 0.29) is 5.91 Å². The number of allylic oxidation sites excluding steroid dienone is 5. The minimum atomic E-state index is -0.0405. The van der Waals surface area contributed by atoms with Gasteiger partial charge in [0.15, 0.2) is 0 Å². The van der Waals surface area contributed by atoms with Gasteiger partial charge < -0.3 is 5.32 Å². The lowest BCUT2D eigenvalue weighted by atomic mass is 10.2. The molecule has 0 saturated heterocycles. The molecular weight excluding hydrogens is 222 g/mol. The Labute approximate surface area is 111 Å². The van der Waals surface area contributed by atoms with Crippen LogP contribution in [0.1, 0.15) is 33.6 Å². The topological polar surface area (TPSA) is 29.1 Å². The summed E-state index contributed by atoms with van der Waals surface area (Å²) in [4.78, 5) is 11.3. The summed E-state index contributed by atoms with van der Waals surface area (Å²) in [5, 5.41) is 2.82. The molecule has 0 aliphatic carbocycles. The molecule has 0 aromatic carbocycles. The third-order valence-corrected chi connectivity index (χ3v) is 1.97. The van der Waals surface area contributed by atoms with Gasteiger partial charge in [0.2, 0.25) is 5.91 Å².